The van der Waals surface area contributed by atoms with Crippen molar-refractivity contribution in [3.8, 4) is 5.75 Å². The van der Waals surface area contributed by atoms with Crippen LogP contribution >= 0.6 is 0 Å². The molecule has 2 N–H and O–H groups in total. The molecule has 1 amide bonds. The van der Waals surface area contributed by atoms with Crippen molar-refractivity contribution < 1.29 is 23.8 Å². The lowest BCUT2D eigenvalue weighted by Crippen LogP contribution is -2.43. The standard InChI is InChI=1S/C21H22FNO4/c22-16-9-4-5-10-18(16)27-14-17(15-7-2-1-3-8-15)23-19(24)13-21(20(25)26)11-6-12-21/h1-5,7-10,17H,6,11-14H2,(H,23,24)(H,25,26). The van der Waals surface area contributed by atoms with Gasteiger partial charge >= 0.3 is 5.97 Å². The third kappa shape index (κ3) is 4.45. The zero-order valence-corrected chi connectivity index (χ0v) is 14.9. The Morgan fingerprint density at radius 2 is 1.78 bits per heavy atom. The summed E-state index contributed by atoms with van der Waals surface area (Å²) in [6.07, 6.45) is 1.78. The van der Waals surface area contributed by atoms with Crippen LogP contribution in [-0.4, -0.2) is 23.6 Å². The molecule has 1 aliphatic carbocycles. The zero-order chi connectivity index (χ0) is 19.3. The van der Waals surface area contributed by atoms with Crippen LogP contribution in [0.15, 0.2) is 54.6 Å². The lowest BCUT2D eigenvalue weighted by atomic mass is 9.66. The number of nitrogens with one attached hydrogen (secondary N) is 1. The number of carboxylic acids is 1. The van der Waals surface area contributed by atoms with Gasteiger partial charge in [-0.15, -0.1) is 0 Å². The molecule has 1 aliphatic rings. The summed E-state index contributed by atoms with van der Waals surface area (Å²) >= 11 is 0. The molecular formula is C21H22FNO4. The lowest BCUT2D eigenvalue weighted by Gasteiger charge is -2.37. The number of ether oxygens (including phenoxy) is 1. The molecule has 1 fully saturated rings. The highest BCUT2D eigenvalue weighted by atomic mass is 19.1. The summed E-state index contributed by atoms with van der Waals surface area (Å²) in [5, 5.41) is 12.3. The Hall–Kier alpha value is -2.89. The van der Waals surface area contributed by atoms with E-state index in [2.05, 4.69) is 5.32 Å². The smallest absolute Gasteiger partial charge is 0.310 e. The Morgan fingerprint density at radius 3 is 2.37 bits per heavy atom. The quantitative estimate of drug-likeness (QED) is 0.742. The van der Waals surface area contributed by atoms with Crippen LogP contribution in [-0.2, 0) is 9.59 Å². The summed E-state index contributed by atoms with van der Waals surface area (Å²) in [5.74, 6) is -1.64. The summed E-state index contributed by atoms with van der Waals surface area (Å²) in [6.45, 7) is 0.0385. The minimum absolute atomic E-state index is 0.0385. The van der Waals surface area contributed by atoms with E-state index in [4.69, 9.17) is 4.74 Å². The van der Waals surface area contributed by atoms with Gasteiger partial charge in [-0.25, -0.2) is 4.39 Å². The maximum atomic E-state index is 13.8. The van der Waals surface area contributed by atoms with Crippen LogP contribution in [0.4, 0.5) is 4.39 Å². The number of carbonyl (C=O) groups excluding carboxylic acids is 1. The maximum Gasteiger partial charge on any atom is 0.310 e. The van der Waals surface area contributed by atoms with E-state index in [1.807, 2.05) is 30.3 Å². The Labute approximate surface area is 157 Å². The second-order valence-electron chi connectivity index (χ2n) is 6.89. The normalized spacial score (nSPS) is 16.0. The third-order valence-corrected chi connectivity index (χ3v) is 5.04. The molecule has 0 spiro atoms. The molecular weight excluding hydrogens is 349 g/mol. The fourth-order valence-corrected chi connectivity index (χ4v) is 3.26. The van der Waals surface area contributed by atoms with E-state index in [0.717, 1.165) is 12.0 Å². The fourth-order valence-electron chi connectivity index (χ4n) is 3.26. The maximum absolute atomic E-state index is 13.8. The molecule has 27 heavy (non-hydrogen) atoms. The van der Waals surface area contributed by atoms with Gasteiger partial charge in [0.2, 0.25) is 5.91 Å². The minimum Gasteiger partial charge on any atom is -0.488 e. The molecule has 6 heteroatoms. The molecule has 5 nitrogen and oxygen atoms in total. The van der Waals surface area contributed by atoms with E-state index in [0.29, 0.717) is 12.8 Å². The first kappa shape index (κ1) is 18.9. The molecule has 0 aliphatic heterocycles. The second-order valence-corrected chi connectivity index (χ2v) is 6.89. The van der Waals surface area contributed by atoms with Gasteiger partial charge in [-0.2, -0.15) is 0 Å². The molecule has 2 aromatic rings. The SMILES string of the molecule is O=C(CC1(C(=O)O)CCC1)NC(COc1ccccc1F)c1ccccc1. The van der Waals surface area contributed by atoms with Crippen molar-refractivity contribution >= 4 is 11.9 Å². The molecule has 0 aromatic heterocycles. The average molecular weight is 371 g/mol. The molecule has 1 unspecified atom stereocenters. The predicted molar refractivity (Wildman–Crippen MR) is 97.8 cm³/mol. The Morgan fingerprint density at radius 1 is 1.11 bits per heavy atom. The monoisotopic (exact) mass is 371 g/mol. The second kappa shape index (κ2) is 8.20. The van der Waals surface area contributed by atoms with E-state index in [1.54, 1.807) is 12.1 Å². The van der Waals surface area contributed by atoms with Gasteiger partial charge in [0, 0.05) is 6.42 Å². The van der Waals surface area contributed by atoms with Gasteiger partial charge in [-0.05, 0) is 30.5 Å². The number of hydrogen-bond acceptors (Lipinski definition) is 3. The minimum atomic E-state index is -0.961. The zero-order valence-electron chi connectivity index (χ0n) is 14.9. The summed E-state index contributed by atoms with van der Waals surface area (Å²) < 4.78 is 19.4. The van der Waals surface area contributed by atoms with Crippen molar-refractivity contribution in [3.63, 3.8) is 0 Å². The first-order chi connectivity index (χ1) is 13.0. The molecule has 2 aromatic carbocycles. The molecule has 0 saturated heterocycles. The van der Waals surface area contributed by atoms with Crippen LogP contribution in [0.2, 0.25) is 0 Å². The highest BCUT2D eigenvalue weighted by Crippen LogP contribution is 2.44. The summed E-state index contributed by atoms with van der Waals surface area (Å²) in [7, 11) is 0. The number of amides is 1. The Balaban J connectivity index is 1.70. The van der Waals surface area contributed by atoms with Crippen LogP contribution in [0.3, 0.4) is 0 Å². The van der Waals surface area contributed by atoms with E-state index in [-0.39, 0.29) is 24.7 Å². The van der Waals surface area contributed by atoms with Crippen LogP contribution in [0.5, 0.6) is 5.75 Å². The number of para-hydroxylation sites is 1. The molecule has 3 rings (SSSR count). The molecule has 1 atom stereocenters. The van der Waals surface area contributed by atoms with Crippen molar-refractivity contribution in [2.45, 2.75) is 31.7 Å². The Kier molecular flexibility index (Phi) is 5.74. The molecule has 1 saturated carbocycles. The third-order valence-electron chi connectivity index (χ3n) is 5.04. The van der Waals surface area contributed by atoms with Gasteiger partial charge in [0.1, 0.15) is 6.61 Å². The number of benzene rings is 2. The summed E-state index contributed by atoms with van der Waals surface area (Å²) in [4.78, 5) is 24.0. The number of carboxylic acid groups (broad SMARTS) is 1. The average Bonchev–Trinajstić information content (AvgIpc) is 2.63. The van der Waals surface area contributed by atoms with Crippen molar-refractivity contribution in [2.24, 2.45) is 5.41 Å². The number of aliphatic carboxylic acids is 1. The summed E-state index contributed by atoms with van der Waals surface area (Å²) in [5.41, 5.74) is -0.155. The van der Waals surface area contributed by atoms with Crippen LogP contribution < -0.4 is 10.1 Å². The molecule has 142 valence electrons. The van der Waals surface area contributed by atoms with Crippen molar-refractivity contribution in [2.75, 3.05) is 6.61 Å². The molecule has 0 bridgehead atoms. The van der Waals surface area contributed by atoms with E-state index < -0.39 is 23.2 Å². The lowest BCUT2D eigenvalue weighted by molar-refractivity contribution is -0.157. The van der Waals surface area contributed by atoms with Crippen LogP contribution in [0, 0.1) is 11.2 Å². The van der Waals surface area contributed by atoms with Gasteiger partial charge < -0.3 is 15.2 Å². The molecule has 0 heterocycles. The number of halogens is 1. The topological polar surface area (TPSA) is 75.6 Å². The first-order valence-electron chi connectivity index (χ1n) is 8.95. The number of carbonyl (C=O) groups is 2. The van der Waals surface area contributed by atoms with Gasteiger partial charge in [-0.1, -0.05) is 48.9 Å². The highest BCUT2D eigenvalue weighted by Gasteiger charge is 2.46. The van der Waals surface area contributed by atoms with Gasteiger partial charge in [0.05, 0.1) is 11.5 Å². The number of hydrogen-bond donors (Lipinski definition) is 2. The number of rotatable bonds is 8. The van der Waals surface area contributed by atoms with Crippen molar-refractivity contribution in [3.05, 3.63) is 66.0 Å². The van der Waals surface area contributed by atoms with Crippen molar-refractivity contribution in [1.29, 1.82) is 0 Å². The van der Waals surface area contributed by atoms with Gasteiger partial charge in [0.15, 0.2) is 11.6 Å². The predicted octanol–water partition coefficient (Wildman–Crippen LogP) is 3.71. The van der Waals surface area contributed by atoms with Crippen LogP contribution in [0.25, 0.3) is 0 Å². The Bertz CT molecular complexity index is 805. The first-order valence-corrected chi connectivity index (χ1v) is 8.95. The summed E-state index contributed by atoms with van der Waals surface area (Å²) in [6, 6.07) is 14.8. The van der Waals surface area contributed by atoms with E-state index in [9.17, 15) is 19.1 Å². The molecule has 0 radical (unpaired) electrons. The fraction of sp³-hybridized carbons (Fsp3) is 0.333. The van der Waals surface area contributed by atoms with E-state index >= 15 is 0 Å². The largest absolute Gasteiger partial charge is 0.488 e. The van der Waals surface area contributed by atoms with Gasteiger partial charge in [0.25, 0.3) is 0 Å². The van der Waals surface area contributed by atoms with Crippen LogP contribution in [0.1, 0.15) is 37.3 Å². The highest BCUT2D eigenvalue weighted by molar-refractivity contribution is 5.85. The van der Waals surface area contributed by atoms with Gasteiger partial charge in [-0.3, -0.25) is 9.59 Å². The van der Waals surface area contributed by atoms with Crippen molar-refractivity contribution in [1.82, 2.24) is 5.32 Å². The van der Waals surface area contributed by atoms with E-state index in [1.165, 1.54) is 12.1 Å².